The van der Waals surface area contributed by atoms with Crippen LogP contribution in [0.25, 0.3) is 32.9 Å². The van der Waals surface area contributed by atoms with Crippen LogP contribution in [0, 0.1) is 20.8 Å². The van der Waals surface area contributed by atoms with E-state index in [1.54, 1.807) is 18.2 Å². The number of benzene rings is 3. The van der Waals surface area contributed by atoms with Gasteiger partial charge in [0.1, 0.15) is 16.7 Å². The lowest BCUT2D eigenvalue weighted by Crippen LogP contribution is -1.97. The third kappa shape index (κ3) is 8.40. The summed E-state index contributed by atoms with van der Waals surface area (Å²) in [7, 11) is 0. The maximum atomic E-state index is 10.9. The minimum Gasteiger partial charge on any atom is -0.423 e. The first-order valence-electron chi connectivity index (χ1n) is 13.3. The van der Waals surface area contributed by atoms with Crippen LogP contribution in [0.4, 0.5) is 0 Å². The monoisotopic (exact) mass is 540 g/mol. The van der Waals surface area contributed by atoms with Gasteiger partial charge in [-0.25, -0.2) is 14.4 Å². The predicted octanol–water partition coefficient (Wildman–Crippen LogP) is 8.36. The SMILES string of the molecule is CC.CC.Cc1cc(=O)oc2ccccc12.Cc1cc(=O)oc2ccccc12.Cc1cc(=O)oc2ccccc12. The summed E-state index contributed by atoms with van der Waals surface area (Å²) in [6.45, 7) is 13.7. The Morgan fingerprint density at radius 3 is 0.875 bits per heavy atom. The Bertz CT molecular complexity index is 1620. The Kier molecular flexibility index (Phi) is 12.3. The second-order valence-electron chi connectivity index (χ2n) is 8.23. The summed E-state index contributed by atoms with van der Waals surface area (Å²) >= 11 is 0. The van der Waals surface area contributed by atoms with E-state index in [0.717, 1.165) is 32.8 Å². The van der Waals surface area contributed by atoms with Crippen molar-refractivity contribution in [3.63, 3.8) is 0 Å². The third-order valence-electron chi connectivity index (χ3n) is 5.57. The topological polar surface area (TPSA) is 90.6 Å². The van der Waals surface area contributed by atoms with E-state index in [1.165, 1.54) is 18.2 Å². The van der Waals surface area contributed by atoms with Gasteiger partial charge in [-0.2, -0.15) is 0 Å². The van der Waals surface area contributed by atoms with Crippen molar-refractivity contribution >= 4 is 32.9 Å². The maximum Gasteiger partial charge on any atom is 0.336 e. The lowest BCUT2D eigenvalue weighted by Gasteiger charge is -1.97. The number of rotatable bonds is 0. The van der Waals surface area contributed by atoms with Crippen LogP contribution in [0.3, 0.4) is 0 Å². The first-order valence-corrected chi connectivity index (χ1v) is 13.3. The molecule has 0 bridgehead atoms. The molecule has 0 fully saturated rings. The van der Waals surface area contributed by atoms with Crippen molar-refractivity contribution in [2.75, 3.05) is 0 Å². The Morgan fingerprint density at radius 2 is 0.625 bits per heavy atom. The van der Waals surface area contributed by atoms with Gasteiger partial charge in [-0.15, -0.1) is 0 Å². The number of aryl methyl sites for hydroxylation is 3. The van der Waals surface area contributed by atoms with Gasteiger partial charge in [0.25, 0.3) is 0 Å². The van der Waals surface area contributed by atoms with Crippen LogP contribution in [0.1, 0.15) is 44.4 Å². The van der Waals surface area contributed by atoms with Crippen molar-refractivity contribution in [1.29, 1.82) is 0 Å². The molecule has 0 saturated carbocycles. The lowest BCUT2D eigenvalue weighted by molar-refractivity contribution is 0.559. The van der Waals surface area contributed by atoms with Crippen LogP contribution >= 0.6 is 0 Å². The summed E-state index contributed by atoms with van der Waals surface area (Å²) < 4.78 is 15.0. The summed E-state index contributed by atoms with van der Waals surface area (Å²) in [6, 6.07) is 27.0. The zero-order valence-electron chi connectivity index (χ0n) is 24.1. The van der Waals surface area contributed by atoms with Crippen molar-refractivity contribution in [3.8, 4) is 0 Å². The van der Waals surface area contributed by atoms with Gasteiger partial charge in [-0.3, -0.25) is 0 Å². The van der Waals surface area contributed by atoms with Crippen LogP contribution in [0.15, 0.2) is 119 Å². The Balaban J connectivity index is 0.000000198. The Morgan fingerprint density at radius 1 is 0.400 bits per heavy atom. The summed E-state index contributed by atoms with van der Waals surface area (Å²) in [4.78, 5) is 32.8. The average molecular weight is 541 g/mol. The van der Waals surface area contributed by atoms with E-state index in [-0.39, 0.29) is 16.9 Å². The van der Waals surface area contributed by atoms with E-state index < -0.39 is 0 Å². The molecule has 6 rings (SSSR count). The summed E-state index contributed by atoms with van der Waals surface area (Å²) in [5, 5.41) is 2.99. The molecular formula is C34H36O6. The van der Waals surface area contributed by atoms with Crippen molar-refractivity contribution in [1.82, 2.24) is 0 Å². The van der Waals surface area contributed by atoms with E-state index in [4.69, 9.17) is 13.3 Å². The van der Waals surface area contributed by atoms with Crippen LogP contribution in [-0.2, 0) is 0 Å². The van der Waals surface area contributed by atoms with Gasteiger partial charge >= 0.3 is 16.9 Å². The highest BCUT2D eigenvalue weighted by molar-refractivity contribution is 5.80. The van der Waals surface area contributed by atoms with E-state index >= 15 is 0 Å². The number of hydrogen-bond acceptors (Lipinski definition) is 6. The first-order chi connectivity index (χ1) is 19.3. The molecule has 0 aliphatic heterocycles. The zero-order valence-corrected chi connectivity index (χ0v) is 24.1. The standard InChI is InChI=1S/3C10H8O2.2C2H6/c3*1-7-6-10(11)12-9-5-3-2-4-8(7)9;2*1-2/h3*2-6H,1H3;2*1-2H3. The molecule has 208 valence electrons. The van der Waals surface area contributed by atoms with Crippen molar-refractivity contribution < 1.29 is 13.3 Å². The van der Waals surface area contributed by atoms with Crippen molar-refractivity contribution in [2.24, 2.45) is 0 Å². The number of fused-ring (bicyclic) bond motifs is 3. The molecular weight excluding hydrogens is 504 g/mol. The number of hydrogen-bond donors (Lipinski definition) is 0. The molecule has 6 aromatic rings. The maximum absolute atomic E-state index is 10.9. The Hall–Kier alpha value is -4.71. The fourth-order valence-electron chi connectivity index (χ4n) is 3.82. The fourth-order valence-corrected chi connectivity index (χ4v) is 3.82. The molecule has 0 unspecified atom stereocenters. The second-order valence-corrected chi connectivity index (χ2v) is 8.23. The molecule has 0 atom stereocenters. The minimum absolute atomic E-state index is 0.286. The van der Waals surface area contributed by atoms with Crippen molar-refractivity contribution in [3.05, 3.63) is 139 Å². The summed E-state index contributed by atoms with van der Waals surface area (Å²) in [5.74, 6) is 0. The van der Waals surface area contributed by atoms with Gasteiger partial charge in [0.2, 0.25) is 0 Å². The van der Waals surface area contributed by atoms with E-state index in [1.807, 2.05) is 103 Å². The van der Waals surface area contributed by atoms with Gasteiger partial charge in [0.05, 0.1) is 0 Å². The van der Waals surface area contributed by atoms with Crippen LogP contribution in [0.2, 0.25) is 0 Å². The summed E-state index contributed by atoms with van der Waals surface area (Å²) in [5.41, 5.74) is 3.99. The van der Waals surface area contributed by atoms with Gasteiger partial charge in [-0.05, 0) is 55.7 Å². The zero-order chi connectivity index (χ0) is 29.7. The van der Waals surface area contributed by atoms with Crippen LogP contribution in [0.5, 0.6) is 0 Å². The molecule has 0 aliphatic rings. The molecule has 6 heteroatoms. The molecule has 6 nitrogen and oxygen atoms in total. The molecule has 0 saturated heterocycles. The van der Waals surface area contributed by atoms with Crippen LogP contribution in [-0.4, -0.2) is 0 Å². The molecule has 3 aromatic heterocycles. The molecule has 0 spiro atoms. The second kappa shape index (κ2) is 15.6. The molecule has 0 amide bonds. The molecule has 0 aliphatic carbocycles. The van der Waals surface area contributed by atoms with Gasteiger partial charge in [0, 0.05) is 34.4 Å². The quantitative estimate of drug-likeness (QED) is 0.180. The highest BCUT2D eigenvalue weighted by atomic mass is 16.4. The van der Waals surface area contributed by atoms with Gasteiger partial charge < -0.3 is 13.3 Å². The molecule has 0 radical (unpaired) electrons. The van der Waals surface area contributed by atoms with E-state index in [2.05, 4.69) is 0 Å². The fraction of sp³-hybridized carbons (Fsp3) is 0.206. The van der Waals surface area contributed by atoms with Crippen LogP contribution < -0.4 is 16.9 Å². The van der Waals surface area contributed by atoms with Crippen molar-refractivity contribution in [2.45, 2.75) is 48.5 Å². The molecule has 0 N–H and O–H groups in total. The molecule has 40 heavy (non-hydrogen) atoms. The summed E-state index contributed by atoms with van der Waals surface area (Å²) in [6.07, 6.45) is 0. The highest BCUT2D eigenvalue weighted by Gasteiger charge is 2.00. The normalized spacial score (nSPS) is 9.68. The Labute approximate surface area is 233 Å². The predicted molar refractivity (Wildman–Crippen MR) is 164 cm³/mol. The largest absolute Gasteiger partial charge is 0.423 e. The molecule has 3 heterocycles. The first kappa shape index (κ1) is 31.5. The van der Waals surface area contributed by atoms with E-state index in [0.29, 0.717) is 16.7 Å². The average Bonchev–Trinajstić information content (AvgIpc) is 2.96. The van der Waals surface area contributed by atoms with Gasteiger partial charge in [-0.1, -0.05) is 82.3 Å². The third-order valence-corrected chi connectivity index (χ3v) is 5.57. The smallest absolute Gasteiger partial charge is 0.336 e. The lowest BCUT2D eigenvalue weighted by atomic mass is 10.1. The van der Waals surface area contributed by atoms with Gasteiger partial charge in [0.15, 0.2) is 0 Å². The van der Waals surface area contributed by atoms with E-state index in [9.17, 15) is 14.4 Å². The highest BCUT2D eigenvalue weighted by Crippen LogP contribution is 2.16. The molecule has 3 aromatic carbocycles. The minimum atomic E-state index is -0.286. The number of para-hydroxylation sites is 3.